The van der Waals surface area contributed by atoms with Crippen molar-refractivity contribution >= 4 is 17.6 Å². The lowest BCUT2D eigenvalue weighted by Gasteiger charge is -2.10. The normalized spacial score (nSPS) is 11.1. The highest BCUT2D eigenvalue weighted by molar-refractivity contribution is 5.99. The summed E-state index contributed by atoms with van der Waals surface area (Å²) in [7, 11) is 1.00. The molecule has 0 heterocycles. The Bertz CT molecular complexity index is 807. The summed E-state index contributed by atoms with van der Waals surface area (Å²) in [5, 5.41) is 13.9. The molecule has 1 aliphatic rings. The minimum Gasteiger partial charge on any atom is -0.494 e. The molecule has 0 fully saturated rings. The summed E-state index contributed by atoms with van der Waals surface area (Å²) < 4.78 is 5.98. The van der Waals surface area contributed by atoms with Crippen molar-refractivity contribution in [1.82, 2.24) is 0 Å². The fourth-order valence-electron chi connectivity index (χ4n) is 3.57. The number of carbonyl (C=O) groups is 1. The molecule has 2 N–H and O–H groups in total. The van der Waals surface area contributed by atoms with E-state index in [9.17, 15) is 0 Å². The Morgan fingerprint density at radius 2 is 1.52 bits per heavy atom. The number of aryl methyl sites for hydroxylation is 1. The molecular weight excluding hydrogens is 388 g/mol. The Kier molecular flexibility index (Phi) is 15.3. The van der Waals surface area contributed by atoms with E-state index in [1.54, 1.807) is 0 Å². The van der Waals surface area contributed by atoms with Crippen LogP contribution in [0.15, 0.2) is 60.7 Å². The molecule has 0 saturated carbocycles. The predicted molar refractivity (Wildman–Crippen MR) is 131 cm³/mol. The van der Waals surface area contributed by atoms with Crippen molar-refractivity contribution in [2.45, 2.75) is 53.4 Å². The molecule has 0 aliphatic heterocycles. The Morgan fingerprint density at radius 1 is 0.935 bits per heavy atom. The number of aliphatic hydroxyl groups is 1. The first kappa shape index (κ1) is 28.1. The topological polar surface area (TPSA) is 66.8 Å². The van der Waals surface area contributed by atoms with Gasteiger partial charge in [0.05, 0.1) is 6.61 Å². The third-order valence-corrected chi connectivity index (χ3v) is 4.80. The lowest BCUT2D eigenvalue weighted by Crippen LogP contribution is -2.00. The Labute approximate surface area is 187 Å². The molecule has 0 aromatic heterocycles. The Hall–Kier alpha value is -2.85. The second-order valence-electron chi connectivity index (χ2n) is 6.39. The number of rotatable bonds is 7. The quantitative estimate of drug-likeness (QED) is 0.385. The summed E-state index contributed by atoms with van der Waals surface area (Å²) in [4.78, 5) is 8.36. The van der Waals surface area contributed by atoms with Crippen LogP contribution < -0.4 is 4.74 Å². The molecule has 2 aromatic carbocycles. The van der Waals surface area contributed by atoms with Crippen molar-refractivity contribution in [2.75, 3.05) is 13.7 Å². The summed E-state index contributed by atoms with van der Waals surface area (Å²) in [6.07, 6.45) is 4.19. The summed E-state index contributed by atoms with van der Waals surface area (Å²) in [5.74, 6) is 0.954. The van der Waals surface area contributed by atoms with Gasteiger partial charge in [0.15, 0.2) is 0 Å². The highest BCUT2D eigenvalue weighted by atomic mass is 16.5. The molecule has 0 saturated heterocycles. The molecule has 0 radical (unpaired) electrons. The van der Waals surface area contributed by atoms with Crippen molar-refractivity contribution in [3.63, 3.8) is 0 Å². The molecule has 2 aromatic rings. The van der Waals surface area contributed by atoms with E-state index in [0.29, 0.717) is 0 Å². The number of fused-ring (bicyclic) bond motifs is 1. The fourth-order valence-corrected chi connectivity index (χ4v) is 3.57. The largest absolute Gasteiger partial charge is 0.494 e. The van der Waals surface area contributed by atoms with E-state index in [1.165, 1.54) is 33.4 Å². The van der Waals surface area contributed by atoms with Crippen molar-refractivity contribution in [2.24, 2.45) is 0 Å². The van der Waals surface area contributed by atoms with Crippen LogP contribution >= 0.6 is 0 Å². The predicted octanol–water partition coefficient (Wildman–Crippen LogP) is 6.63. The van der Waals surface area contributed by atoms with E-state index in [-0.39, 0.29) is 6.47 Å². The minimum atomic E-state index is -0.250. The van der Waals surface area contributed by atoms with E-state index in [2.05, 4.69) is 69.0 Å². The number of ether oxygens (including phenoxy) is 1. The zero-order valence-corrected chi connectivity index (χ0v) is 19.6. The smallest absolute Gasteiger partial charge is 0.290 e. The zero-order valence-electron chi connectivity index (χ0n) is 19.6. The summed E-state index contributed by atoms with van der Waals surface area (Å²) in [6.45, 7) is 13.2. The maximum absolute atomic E-state index is 8.36. The third kappa shape index (κ3) is 8.42. The summed E-state index contributed by atoms with van der Waals surface area (Å²) in [5.41, 5.74) is 8.01. The molecule has 0 atom stereocenters. The van der Waals surface area contributed by atoms with Crippen molar-refractivity contribution in [3.8, 4) is 5.75 Å². The maximum Gasteiger partial charge on any atom is 0.290 e. The van der Waals surface area contributed by atoms with Gasteiger partial charge in [-0.2, -0.15) is 0 Å². The van der Waals surface area contributed by atoms with Crippen molar-refractivity contribution in [3.05, 3.63) is 77.4 Å². The van der Waals surface area contributed by atoms with Gasteiger partial charge in [0.2, 0.25) is 0 Å². The van der Waals surface area contributed by atoms with Gasteiger partial charge in [-0.25, -0.2) is 0 Å². The molecule has 4 heteroatoms. The summed E-state index contributed by atoms with van der Waals surface area (Å²) >= 11 is 0. The highest BCUT2D eigenvalue weighted by Crippen LogP contribution is 2.44. The van der Waals surface area contributed by atoms with Crippen LogP contribution in [0, 0.1) is 0 Å². The van der Waals surface area contributed by atoms with Gasteiger partial charge in [-0.05, 0) is 71.2 Å². The molecule has 31 heavy (non-hydrogen) atoms. The van der Waals surface area contributed by atoms with Crippen molar-refractivity contribution < 1.29 is 19.7 Å². The van der Waals surface area contributed by atoms with Crippen LogP contribution in [0.2, 0.25) is 0 Å². The fraction of sp³-hybridized carbons (Fsp3) is 0.370. The van der Waals surface area contributed by atoms with Gasteiger partial charge in [0.1, 0.15) is 5.75 Å². The van der Waals surface area contributed by atoms with Gasteiger partial charge in [0.25, 0.3) is 6.47 Å². The van der Waals surface area contributed by atoms with E-state index in [4.69, 9.17) is 19.7 Å². The van der Waals surface area contributed by atoms with E-state index in [1.807, 2.05) is 13.8 Å². The Balaban J connectivity index is 0.00000116. The number of aliphatic hydroxyl groups excluding tert-OH is 1. The van der Waals surface area contributed by atoms with Gasteiger partial charge in [-0.1, -0.05) is 70.7 Å². The molecule has 0 bridgehead atoms. The SMILES string of the molecule is C=C1C(CC)=C(CC)c2ccc(OCCCc3ccccc3)cc21.CC.CO.O=CO. The van der Waals surface area contributed by atoms with Crippen LogP contribution in [0.4, 0.5) is 0 Å². The first-order valence-corrected chi connectivity index (χ1v) is 10.9. The van der Waals surface area contributed by atoms with Gasteiger partial charge in [-0.3, -0.25) is 4.79 Å². The maximum atomic E-state index is 8.36. The Morgan fingerprint density at radius 3 is 2.06 bits per heavy atom. The molecule has 1 aliphatic carbocycles. The number of allylic oxidation sites excluding steroid dienone is 3. The van der Waals surface area contributed by atoms with Crippen LogP contribution in [0.1, 0.15) is 63.6 Å². The molecule has 0 unspecified atom stereocenters. The average Bonchev–Trinajstić information content (AvgIpc) is 3.11. The standard InChI is InChI=1S/C23H26O.C2H6.CH2O2.CH4O/c1-4-20-17(3)23-16-19(13-14-22(23)21(20)5-2)24-15-9-12-18-10-7-6-8-11-18;1-2;2-1-3;1-2/h6-8,10-11,13-14,16H,3-5,9,12,15H2,1-2H3;1-2H3;1H,(H,2,3);2H,1H3. The lowest BCUT2D eigenvalue weighted by molar-refractivity contribution is -0.122. The first-order chi connectivity index (χ1) is 15.2. The zero-order chi connectivity index (χ0) is 23.6. The second kappa shape index (κ2) is 16.9. The molecule has 0 spiro atoms. The lowest BCUT2D eigenvalue weighted by atomic mass is 10.0. The molecular formula is C27H38O4. The molecule has 3 rings (SSSR count). The van der Waals surface area contributed by atoms with Gasteiger partial charge in [0, 0.05) is 7.11 Å². The monoisotopic (exact) mass is 426 g/mol. The summed E-state index contributed by atoms with van der Waals surface area (Å²) in [6, 6.07) is 17.0. The van der Waals surface area contributed by atoms with Gasteiger partial charge < -0.3 is 14.9 Å². The second-order valence-corrected chi connectivity index (χ2v) is 6.39. The van der Waals surface area contributed by atoms with E-state index < -0.39 is 0 Å². The van der Waals surface area contributed by atoms with Gasteiger partial charge in [-0.15, -0.1) is 0 Å². The number of carboxylic acid groups (broad SMARTS) is 1. The van der Waals surface area contributed by atoms with Crippen LogP contribution in [-0.4, -0.2) is 30.4 Å². The highest BCUT2D eigenvalue weighted by Gasteiger charge is 2.23. The van der Waals surface area contributed by atoms with Gasteiger partial charge >= 0.3 is 0 Å². The van der Waals surface area contributed by atoms with Crippen LogP contribution in [0.25, 0.3) is 11.1 Å². The number of benzene rings is 2. The number of hydrogen-bond donors (Lipinski definition) is 2. The van der Waals surface area contributed by atoms with Crippen molar-refractivity contribution in [1.29, 1.82) is 0 Å². The third-order valence-electron chi connectivity index (χ3n) is 4.80. The van der Waals surface area contributed by atoms with Crippen LogP contribution in [0.3, 0.4) is 0 Å². The van der Waals surface area contributed by atoms with Crippen LogP contribution in [-0.2, 0) is 11.2 Å². The van der Waals surface area contributed by atoms with Crippen LogP contribution in [0.5, 0.6) is 5.75 Å². The van der Waals surface area contributed by atoms with E-state index >= 15 is 0 Å². The van der Waals surface area contributed by atoms with E-state index in [0.717, 1.165) is 45.1 Å². The average molecular weight is 427 g/mol. The number of hydrogen-bond acceptors (Lipinski definition) is 3. The minimum absolute atomic E-state index is 0.250. The first-order valence-electron chi connectivity index (χ1n) is 10.9. The molecule has 0 amide bonds. The molecule has 4 nitrogen and oxygen atoms in total. The molecule has 170 valence electrons.